The number of piperazine rings is 1. The number of benzene rings is 2. The van der Waals surface area contributed by atoms with E-state index in [9.17, 15) is 9.18 Å². The van der Waals surface area contributed by atoms with E-state index in [4.69, 9.17) is 23.2 Å². The fraction of sp³-hybridized carbons (Fsp3) is 0.458. The minimum atomic E-state index is -0.254. The van der Waals surface area contributed by atoms with Crippen molar-refractivity contribution in [3.8, 4) is 0 Å². The molecule has 2 aromatic carbocycles. The quantitative estimate of drug-likeness (QED) is 0.705. The average Bonchev–Trinajstić information content (AvgIpc) is 3.18. The Labute approximate surface area is 193 Å². The van der Waals surface area contributed by atoms with Gasteiger partial charge in [0.05, 0.1) is 0 Å². The molecule has 0 aromatic heterocycles. The van der Waals surface area contributed by atoms with Crippen LogP contribution in [0.15, 0.2) is 42.5 Å². The maximum Gasteiger partial charge on any atom is 0.226 e. The van der Waals surface area contributed by atoms with E-state index in [0.29, 0.717) is 16.6 Å². The molecule has 0 radical (unpaired) electrons. The fourth-order valence-corrected chi connectivity index (χ4v) is 5.21. The summed E-state index contributed by atoms with van der Waals surface area (Å²) in [6.07, 6.45) is 1.60. The zero-order valence-electron chi connectivity index (χ0n) is 17.7. The highest BCUT2D eigenvalue weighted by Gasteiger charge is 2.41. The normalized spacial score (nSPS) is 24.5. The molecule has 4 nitrogen and oxygen atoms in total. The van der Waals surface area contributed by atoms with Gasteiger partial charge in [-0.25, -0.2) is 4.39 Å². The van der Waals surface area contributed by atoms with Crippen LogP contribution >= 0.6 is 23.2 Å². The number of rotatable bonds is 5. The SMILES string of the molecule is CN1CCN(C(=O)[C@H]2C[C@@H](NCc3ccc(Cl)cc3Cl)C[C@@H]2c2ccc(F)cc2)CC1. The maximum atomic E-state index is 13.5. The van der Waals surface area contributed by atoms with Crippen LogP contribution in [0.25, 0.3) is 0 Å². The van der Waals surface area contributed by atoms with E-state index < -0.39 is 0 Å². The first-order chi connectivity index (χ1) is 14.9. The van der Waals surface area contributed by atoms with Gasteiger partial charge in [-0.3, -0.25) is 4.79 Å². The molecule has 2 fully saturated rings. The Balaban J connectivity index is 1.48. The molecule has 31 heavy (non-hydrogen) atoms. The lowest BCUT2D eigenvalue weighted by molar-refractivity contribution is -0.137. The smallest absolute Gasteiger partial charge is 0.226 e. The molecular weight excluding hydrogens is 436 g/mol. The average molecular weight is 464 g/mol. The van der Waals surface area contributed by atoms with Crippen LogP contribution < -0.4 is 5.32 Å². The summed E-state index contributed by atoms with van der Waals surface area (Å²) in [5, 5.41) is 4.84. The lowest BCUT2D eigenvalue weighted by Gasteiger charge is -2.35. The summed E-state index contributed by atoms with van der Waals surface area (Å²) < 4.78 is 13.5. The maximum absolute atomic E-state index is 13.5. The highest BCUT2D eigenvalue weighted by atomic mass is 35.5. The van der Waals surface area contributed by atoms with E-state index in [1.165, 1.54) is 12.1 Å². The number of halogens is 3. The first-order valence-corrected chi connectivity index (χ1v) is 11.6. The Morgan fingerprint density at radius 2 is 1.77 bits per heavy atom. The number of carbonyl (C=O) groups is 1. The third-order valence-electron chi connectivity index (χ3n) is 6.59. The molecule has 1 saturated heterocycles. The molecule has 0 unspecified atom stereocenters. The molecule has 0 spiro atoms. The monoisotopic (exact) mass is 463 g/mol. The summed E-state index contributed by atoms with van der Waals surface area (Å²) in [5.74, 6) is -0.0648. The summed E-state index contributed by atoms with van der Waals surface area (Å²) in [6, 6.07) is 12.3. The second kappa shape index (κ2) is 9.86. The fourth-order valence-electron chi connectivity index (χ4n) is 4.74. The number of carbonyl (C=O) groups excluding carboxylic acids is 1. The number of nitrogens with one attached hydrogen (secondary N) is 1. The van der Waals surface area contributed by atoms with Crippen LogP contribution in [0, 0.1) is 11.7 Å². The van der Waals surface area contributed by atoms with Gasteiger partial charge in [0.25, 0.3) is 0 Å². The molecule has 1 amide bonds. The Hall–Kier alpha value is -1.66. The Morgan fingerprint density at radius 1 is 1.06 bits per heavy atom. The number of hydrogen-bond acceptors (Lipinski definition) is 3. The van der Waals surface area contributed by atoms with E-state index in [2.05, 4.69) is 17.3 Å². The number of amides is 1. The van der Waals surface area contributed by atoms with E-state index in [1.807, 2.05) is 29.2 Å². The molecule has 0 bridgehead atoms. The molecule has 1 aliphatic carbocycles. The van der Waals surface area contributed by atoms with E-state index >= 15 is 0 Å². The van der Waals surface area contributed by atoms with Crippen LogP contribution in [0.4, 0.5) is 4.39 Å². The van der Waals surface area contributed by atoms with E-state index in [1.54, 1.807) is 6.07 Å². The third-order valence-corrected chi connectivity index (χ3v) is 7.18. The van der Waals surface area contributed by atoms with Gasteiger partial charge in [0, 0.05) is 54.7 Å². The van der Waals surface area contributed by atoms with Crippen LogP contribution in [0.5, 0.6) is 0 Å². The van der Waals surface area contributed by atoms with Crippen LogP contribution in [0.2, 0.25) is 10.0 Å². The molecule has 2 aliphatic rings. The van der Waals surface area contributed by atoms with Gasteiger partial charge in [-0.15, -0.1) is 0 Å². The topological polar surface area (TPSA) is 35.6 Å². The van der Waals surface area contributed by atoms with Crippen molar-refractivity contribution in [3.05, 3.63) is 69.5 Å². The lowest BCUT2D eigenvalue weighted by Crippen LogP contribution is -2.49. The first-order valence-electron chi connectivity index (χ1n) is 10.8. The number of hydrogen-bond donors (Lipinski definition) is 1. The van der Waals surface area contributed by atoms with Gasteiger partial charge in [-0.1, -0.05) is 41.4 Å². The van der Waals surface area contributed by atoms with Gasteiger partial charge >= 0.3 is 0 Å². The zero-order chi connectivity index (χ0) is 22.0. The van der Waals surface area contributed by atoms with Crippen molar-refractivity contribution in [3.63, 3.8) is 0 Å². The Bertz CT molecular complexity index is 916. The minimum Gasteiger partial charge on any atom is -0.340 e. The zero-order valence-corrected chi connectivity index (χ0v) is 19.2. The van der Waals surface area contributed by atoms with Crippen molar-refractivity contribution in [1.82, 2.24) is 15.1 Å². The molecular formula is C24H28Cl2FN3O. The van der Waals surface area contributed by atoms with Gasteiger partial charge in [-0.2, -0.15) is 0 Å². The second-order valence-corrected chi connectivity index (χ2v) is 9.52. The molecule has 7 heteroatoms. The van der Waals surface area contributed by atoms with Crippen molar-refractivity contribution < 1.29 is 9.18 Å². The summed E-state index contributed by atoms with van der Waals surface area (Å²) in [4.78, 5) is 17.7. The number of nitrogens with zero attached hydrogens (tertiary/aromatic N) is 2. The van der Waals surface area contributed by atoms with Crippen LogP contribution in [0.1, 0.15) is 29.9 Å². The van der Waals surface area contributed by atoms with Gasteiger partial charge in [-0.05, 0) is 61.2 Å². The lowest BCUT2D eigenvalue weighted by atomic mass is 9.87. The van der Waals surface area contributed by atoms with Crippen LogP contribution in [0.3, 0.4) is 0 Å². The van der Waals surface area contributed by atoms with Gasteiger partial charge in [0.2, 0.25) is 5.91 Å². The summed E-state index contributed by atoms with van der Waals surface area (Å²) in [7, 11) is 2.08. The molecule has 1 heterocycles. The van der Waals surface area contributed by atoms with Crippen molar-refractivity contribution >= 4 is 29.1 Å². The summed E-state index contributed by atoms with van der Waals surface area (Å²) in [5.41, 5.74) is 2.01. The molecule has 4 rings (SSSR count). The summed E-state index contributed by atoms with van der Waals surface area (Å²) in [6.45, 7) is 3.94. The Kier molecular flexibility index (Phi) is 7.17. The molecule has 1 aliphatic heterocycles. The third kappa shape index (κ3) is 5.40. The van der Waals surface area contributed by atoms with Gasteiger partial charge in [0.15, 0.2) is 0 Å². The molecule has 2 aromatic rings. The minimum absolute atomic E-state index is 0.0749. The van der Waals surface area contributed by atoms with Gasteiger partial charge < -0.3 is 15.1 Å². The Morgan fingerprint density at radius 3 is 2.45 bits per heavy atom. The number of likely N-dealkylation sites (N-methyl/N-ethyl adjacent to an activating group) is 1. The standard InChI is InChI=1S/C24H28Cl2FN3O/c1-29-8-10-30(11-9-29)24(31)22-14-20(13-21(22)16-3-6-19(27)7-4-16)28-15-17-2-5-18(25)12-23(17)26/h2-7,12,20-22,28H,8-11,13-15H2,1H3/t20-,21+,22-/m0/s1. The predicted molar refractivity (Wildman–Crippen MR) is 123 cm³/mol. The van der Waals surface area contributed by atoms with Crippen molar-refractivity contribution in [1.29, 1.82) is 0 Å². The molecule has 1 N–H and O–H groups in total. The second-order valence-electron chi connectivity index (χ2n) is 8.68. The van der Waals surface area contributed by atoms with Crippen molar-refractivity contribution in [2.75, 3.05) is 33.2 Å². The highest BCUT2D eigenvalue weighted by Crippen LogP contribution is 2.41. The van der Waals surface area contributed by atoms with Crippen LogP contribution in [-0.4, -0.2) is 55.0 Å². The van der Waals surface area contributed by atoms with E-state index in [0.717, 1.165) is 50.1 Å². The summed E-state index contributed by atoms with van der Waals surface area (Å²) >= 11 is 12.3. The largest absolute Gasteiger partial charge is 0.340 e. The van der Waals surface area contributed by atoms with Gasteiger partial charge in [0.1, 0.15) is 5.82 Å². The first kappa shape index (κ1) is 22.5. The predicted octanol–water partition coefficient (Wildman–Crippen LogP) is 4.56. The van der Waals surface area contributed by atoms with Crippen molar-refractivity contribution in [2.45, 2.75) is 31.3 Å². The van der Waals surface area contributed by atoms with E-state index in [-0.39, 0.29) is 29.6 Å². The molecule has 166 valence electrons. The molecule has 3 atom stereocenters. The molecule has 1 saturated carbocycles. The van der Waals surface area contributed by atoms with Crippen molar-refractivity contribution in [2.24, 2.45) is 5.92 Å². The van der Waals surface area contributed by atoms with Crippen LogP contribution in [-0.2, 0) is 11.3 Å². The highest BCUT2D eigenvalue weighted by molar-refractivity contribution is 6.35.